The minimum Gasteiger partial charge on any atom is -0.481 e. The van der Waals surface area contributed by atoms with Crippen LogP contribution in [0.1, 0.15) is 49.4 Å². The molecule has 1 amide bonds. The Morgan fingerprint density at radius 1 is 1.23 bits per heavy atom. The van der Waals surface area contributed by atoms with E-state index in [1.807, 2.05) is 83.2 Å². The number of terminal acetylenes is 1. The summed E-state index contributed by atoms with van der Waals surface area (Å²) in [6, 6.07) is 13.8. The number of amides is 1. The second kappa shape index (κ2) is 9.98. The molecule has 3 heteroatoms. The van der Waals surface area contributed by atoms with Crippen LogP contribution in [0.3, 0.4) is 0 Å². The highest BCUT2D eigenvalue weighted by atomic mass is 16.5. The Morgan fingerprint density at radius 2 is 1.93 bits per heavy atom. The molecule has 1 atom stereocenters. The van der Waals surface area contributed by atoms with Crippen LogP contribution in [-0.2, 0) is 10.3 Å². The van der Waals surface area contributed by atoms with Gasteiger partial charge < -0.3 is 10.1 Å². The predicted octanol–water partition coefficient (Wildman–Crippen LogP) is 5.71. The lowest BCUT2D eigenvalue weighted by molar-refractivity contribution is -0.129. The zero-order valence-corrected chi connectivity index (χ0v) is 18.6. The third-order valence-electron chi connectivity index (χ3n) is 5.14. The molecule has 0 aliphatic rings. The van der Waals surface area contributed by atoms with Crippen LogP contribution >= 0.6 is 0 Å². The topological polar surface area (TPSA) is 38.3 Å². The van der Waals surface area contributed by atoms with Crippen molar-refractivity contribution in [3.05, 3.63) is 82.9 Å². The quantitative estimate of drug-likeness (QED) is 0.454. The van der Waals surface area contributed by atoms with E-state index in [0.29, 0.717) is 17.7 Å². The first-order valence-corrected chi connectivity index (χ1v) is 10.2. The first-order valence-electron chi connectivity index (χ1n) is 10.2. The molecule has 0 fully saturated rings. The maximum Gasteiger partial charge on any atom is 0.261 e. The van der Waals surface area contributed by atoms with Crippen molar-refractivity contribution in [3.63, 3.8) is 0 Å². The van der Waals surface area contributed by atoms with Gasteiger partial charge in [-0.3, -0.25) is 4.79 Å². The molecule has 0 aromatic heterocycles. The molecule has 156 valence electrons. The first kappa shape index (κ1) is 23.0. The SMILES string of the molecule is C#C/C(C=C)=C/c1cc(OC(CC)C(=O)NC(C)(C)c2ccccc2C)ccc1C. The number of benzene rings is 2. The van der Waals surface area contributed by atoms with Crippen LogP contribution in [0.15, 0.2) is 60.7 Å². The van der Waals surface area contributed by atoms with Crippen LogP contribution in [0, 0.1) is 26.2 Å². The zero-order chi connectivity index (χ0) is 22.3. The van der Waals surface area contributed by atoms with Crippen LogP contribution < -0.4 is 10.1 Å². The summed E-state index contributed by atoms with van der Waals surface area (Å²) >= 11 is 0. The van der Waals surface area contributed by atoms with Gasteiger partial charge in [0.25, 0.3) is 5.91 Å². The predicted molar refractivity (Wildman–Crippen MR) is 125 cm³/mol. The molecule has 0 aliphatic heterocycles. The Labute approximate surface area is 180 Å². The molecule has 0 aliphatic carbocycles. The maximum atomic E-state index is 13.0. The summed E-state index contributed by atoms with van der Waals surface area (Å²) in [7, 11) is 0. The summed E-state index contributed by atoms with van der Waals surface area (Å²) in [6.07, 6.45) is 8.99. The van der Waals surface area contributed by atoms with Gasteiger partial charge in [0, 0.05) is 5.57 Å². The van der Waals surface area contributed by atoms with Crippen molar-refractivity contribution in [1.82, 2.24) is 5.32 Å². The summed E-state index contributed by atoms with van der Waals surface area (Å²) < 4.78 is 6.06. The Morgan fingerprint density at radius 3 is 2.53 bits per heavy atom. The number of hydrogen-bond donors (Lipinski definition) is 1. The van der Waals surface area contributed by atoms with Crippen molar-refractivity contribution in [3.8, 4) is 18.1 Å². The average molecular weight is 402 g/mol. The number of ether oxygens (including phenoxy) is 1. The highest BCUT2D eigenvalue weighted by molar-refractivity contribution is 5.82. The van der Waals surface area contributed by atoms with Gasteiger partial charge in [-0.05, 0) is 74.6 Å². The number of carbonyl (C=O) groups is 1. The Bertz CT molecular complexity index is 992. The van der Waals surface area contributed by atoms with Crippen LogP contribution in [0.4, 0.5) is 0 Å². The standard InChI is InChI=1S/C27H31NO2/c1-8-21(9-2)17-22-18-23(16-15-19(22)4)30-25(10-3)26(29)28-27(6,7)24-14-12-11-13-20(24)5/h1,9,11-18,25H,2,10H2,3-7H3,(H,28,29)/b21-17-. The molecular weight excluding hydrogens is 370 g/mol. The Balaban J connectivity index is 2.22. The fourth-order valence-corrected chi connectivity index (χ4v) is 3.39. The van der Waals surface area contributed by atoms with E-state index in [1.165, 1.54) is 0 Å². The highest BCUT2D eigenvalue weighted by Crippen LogP contribution is 2.25. The molecule has 0 bridgehead atoms. The summed E-state index contributed by atoms with van der Waals surface area (Å²) in [6.45, 7) is 13.7. The third kappa shape index (κ3) is 5.64. The van der Waals surface area contributed by atoms with Crippen molar-refractivity contribution in [2.75, 3.05) is 0 Å². The van der Waals surface area contributed by atoms with E-state index in [2.05, 4.69) is 17.8 Å². The van der Waals surface area contributed by atoms with Gasteiger partial charge in [-0.25, -0.2) is 0 Å². The van der Waals surface area contributed by atoms with Gasteiger partial charge >= 0.3 is 0 Å². The second-order valence-electron chi connectivity index (χ2n) is 7.91. The second-order valence-corrected chi connectivity index (χ2v) is 7.91. The molecule has 1 unspecified atom stereocenters. The minimum absolute atomic E-state index is 0.140. The van der Waals surface area contributed by atoms with Crippen LogP contribution in [-0.4, -0.2) is 12.0 Å². The molecular formula is C27H31NO2. The van der Waals surface area contributed by atoms with Crippen molar-refractivity contribution >= 4 is 12.0 Å². The largest absolute Gasteiger partial charge is 0.481 e. The smallest absolute Gasteiger partial charge is 0.261 e. The van der Waals surface area contributed by atoms with E-state index >= 15 is 0 Å². The van der Waals surface area contributed by atoms with E-state index < -0.39 is 11.6 Å². The van der Waals surface area contributed by atoms with Crippen molar-refractivity contribution in [1.29, 1.82) is 0 Å². The molecule has 1 N–H and O–H groups in total. The number of aryl methyl sites for hydroxylation is 2. The molecule has 0 saturated carbocycles. The lowest BCUT2D eigenvalue weighted by atomic mass is 9.90. The molecule has 0 radical (unpaired) electrons. The summed E-state index contributed by atoms with van der Waals surface area (Å²) in [5.74, 6) is 3.09. The van der Waals surface area contributed by atoms with Gasteiger partial charge in [0.15, 0.2) is 6.10 Å². The van der Waals surface area contributed by atoms with Crippen LogP contribution in [0.25, 0.3) is 6.08 Å². The summed E-state index contributed by atoms with van der Waals surface area (Å²) in [5.41, 5.74) is 4.41. The zero-order valence-electron chi connectivity index (χ0n) is 18.6. The van der Waals surface area contributed by atoms with E-state index in [-0.39, 0.29) is 5.91 Å². The van der Waals surface area contributed by atoms with Crippen LogP contribution in [0.2, 0.25) is 0 Å². The first-order chi connectivity index (χ1) is 14.2. The normalized spacial score (nSPS) is 12.6. The molecule has 0 heterocycles. The van der Waals surface area contributed by atoms with Gasteiger partial charge in [0.2, 0.25) is 0 Å². The molecule has 2 rings (SSSR count). The molecule has 0 spiro atoms. The van der Waals surface area contributed by atoms with E-state index in [4.69, 9.17) is 11.2 Å². The third-order valence-corrected chi connectivity index (χ3v) is 5.14. The monoisotopic (exact) mass is 401 g/mol. The number of nitrogens with one attached hydrogen (secondary N) is 1. The number of hydrogen-bond acceptors (Lipinski definition) is 2. The number of allylic oxidation sites excluding steroid dienone is 2. The molecule has 2 aromatic rings. The molecule has 2 aromatic carbocycles. The lowest BCUT2D eigenvalue weighted by Crippen LogP contribution is -2.47. The molecule has 30 heavy (non-hydrogen) atoms. The van der Waals surface area contributed by atoms with Crippen molar-refractivity contribution in [2.24, 2.45) is 0 Å². The minimum atomic E-state index is -0.598. The lowest BCUT2D eigenvalue weighted by Gasteiger charge is -2.30. The van der Waals surface area contributed by atoms with E-state index in [0.717, 1.165) is 22.3 Å². The number of carbonyl (C=O) groups excluding carboxylic acids is 1. The molecule has 0 saturated heterocycles. The maximum absolute atomic E-state index is 13.0. The van der Waals surface area contributed by atoms with Gasteiger partial charge in [-0.15, -0.1) is 6.42 Å². The van der Waals surface area contributed by atoms with Gasteiger partial charge in [0.1, 0.15) is 5.75 Å². The Kier molecular flexibility index (Phi) is 7.66. The van der Waals surface area contributed by atoms with Crippen molar-refractivity contribution in [2.45, 2.75) is 52.7 Å². The molecule has 3 nitrogen and oxygen atoms in total. The van der Waals surface area contributed by atoms with Gasteiger partial charge in [-0.1, -0.05) is 55.8 Å². The fraction of sp³-hybridized carbons (Fsp3) is 0.296. The van der Waals surface area contributed by atoms with Gasteiger partial charge in [0.05, 0.1) is 5.54 Å². The highest BCUT2D eigenvalue weighted by Gasteiger charge is 2.28. The van der Waals surface area contributed by atoms with Gasteiger partial charge in [-0.2, -0.15) is 0 Å². The Hall–Kier alpha value is -3.25. The van der Waals surface area contributed by atoms with E-state index in [9.17, 15) is 4.79 Å². The number of rotatable bonds is 8. The van der Waals surface area contributed by atoms with Crippen molar-refractivity contribution < 1.29 is 9.53 Å². The fourth-order valence-electron chi connectivity index (χ4n) is 3.39. The van der Waals surface area contributed by atoms with Crippen LogP contribution in [0.5, 0.6) is 5.75 Å². The summed E-state index contributed by atoms with van der Waals surface area (Å²) in [4.78, 5) is 13.0. The average Bonchev–Trinajstić information content (AvgIpc) is 2.71. The summed E-state index contributed by atoms with van der Waals surface area (Å²) in [5, 5.41) is 3.15. The van der Waals surface area contributed by atoms with E-state index in [1.54, 1.807) is 6.08 Å².